The van der Waals surface area contributed by atoms with Crippen LogP contribution in [0.25, 0.3) is 22.2 Å². The Morgan fingerprint density at radius 2 is 1.71 bits per heavy atom. The van der Waals surface area contributed by atoms with Crippen LogP contribution >= 0.6 is 11.6 Å². The smallest absolute Gasteiger partial charge is 0.435 e. The summed E-state index contributed by atoms with van der Waals surface area (Å²) in [5, 5.41) is 18.9. The summed E-state index contributed by atoms with van der Waals surface area (Å²) in [5.74, 6) is -3.00. The molecule has 1 unspecified atom stereocenters. The van der Waals surface area contributed by atoms with E-state index in [9.17, 15) is 45.4 Å². The number of halogens is 8. The molecule has 5 rings (SSSR count). The Morgan fingerprint density at radius 3 is 2.31 bits per heavy atom. The van der Waals surface area contributed by atoms with Crippen molar-refractivity contribution in [2.45, 2.75) is 30.3 Å². The quantitative estimate of drug-likeness (QED) is 0.253. The first-order chi connectivity index (χ1) is 20.8. The van der Waals surface area contributed by atoms with Crippen LogP contribution in [-0.2, 0) is 22.0 Å². The number of rotatable bonds is 6. The maximum atomic E-state index is 14.6. The lowest BCUT2D eigenvalue weighted by molar-refractivity contribution is -0.265. The average Bonchev–Trinajstić information content (AvgIpc) is 3.32. The number of aromatic nitrogens is 3. The molecule has 45 heavy (non-hydrogen) atoms. The molecular formula is C28H19ClF7N5O4. The Labute approximate surface area is 253 Å². The minimum atomic E-state index is -5.50. The number of pyridine rings is 1. The molecule has 0 radical (unpaired) electrons. The number of hydrogen-bond donors (Lipinski definition) is 3. The van der Waals surface area contributed by atoms with Gasteiger partial charge in [0.05, 0.1) is 17.3 Å². The van der Waals surface area contributed by atoms with Crippen molar-refractivity contribution < 1.29 is 50.2 Å². The van der Waals surface area contributed by atoms with Crippen LogP contribution in [0.4, 0.5) is 30.7 Å². The predicted molar refractivity (Wildman–Crippen MR) is 144 cm³/mol. The lowest BCUT2D eigenvalue weighted by atomic mass is 9.81. The maximum absolute atomic E-state index is 14.6. The van der Waals surface area contributed by atoms with E-state index in [1.54, 1.807) is 0 Å². The number of aliphatic hydroxyl groups is 1. The zero-order chi connectivity index (χ0) is 33.1. The fourth-order valence-corrected chi connectivity index (χ4v) is 4.90. The number of alkyl halides is 6. The molecule has 0 bridgehead atoms. The van der Waals surface area contributed by atoms with Gasteiger partial charge in [-0.05, 0) is 55.5 Å². The van der Waals surface area contributed by atoms with E-state index in [0.29, 0.717) is 6.07 Å². The third-order valence-electron chi connectivity index (χ3n) is 7.33. The van der Waals surface area contributed by atoms with Crippen molar-refractivity contribution >= 4 is 34.3 Å². The monoisotopic (exact) mass is 657 g/mol. The molecule has 2 aromatic carbocycles. The molecule has 0 saturated carbocycles. The van der Waals surface area contributed by atoms with Crippen molar-refractivity contribution in [1.29, 1.82) is 0 Å². The number of amides is 2. The fourth-order valence-electron chi connectivity index (χ4n) is 4.63. The first kappa shape index (κ1) is 31.8. The lowest BCUT2D eigenvalue weighted by Gasteiger charge is -2.31. The van der Waals surface area contributed by atoms with E-state index in [4.69, 9.17) is 22.1 Å². The van der Waals surface area contributed by atoms with Gasteiger partial charge in [-0.1, -0.05) is 11.6 Å². The first-order valence-corrected chi connectivity index (χ1v) is 13.1. The second kappa shape index (κ2) is 10.8. The van der Waals surface area contributed by atoms with Crippen LogP contribution in [0.1, 0.15) is 34.2 Å². The van der Waals surface area contributed by atoms with E-state index in [1.165, 1.54) is 19.1 Å². The number of nitrogens with zero attached hydrogens (tertiary/aromatic N) is 3. The van der Waals surface area contributed by atoms with Crippen molar-refractivity contribution in [2.24, 2.45) is 5.73 Å². The number of nitrogens with two attached hydrogens (primary N) is 1. The molecule has 2 amide bonds. The lowest BCUT2D eigenvalue weighted by Crippen LogP contribution is -2.51. The van der Waals surface area contributed by atoms with Crippen LogP contribution in [-0.4, -0.2) is 51.4 Å². The summed E-state index contributed by atoms with van der Waals surface area (Å²) in [5.41, 5.74) is -3.49. The highest BCUT2D eigenvalue weighted by molar-refractivity contribution is 6.35. The van der Waals surface area contributed by atoms with Gasteiger partial charge in [0.2, 0.25) is 11.5 Å². The van der Waals surface area contributed by atoms with Crippen molar-refractivity contribution in [2.75, 3.05) is 13.2 Å². The average molecular weight is 658 g/mol. The normalized spacial score (nSPS) is 17.8. The molecule has 17 heteroatoms. The molecule has 236 valence electrons. The number of ether oxygens (including phenoxy) is 1. The molecule has 0 aliphatic carbocycles. The van der Waals surface area contributed by atoms with Gasteiger partial charge in [0.15, 0.2) is 5.69 Å². The van der Waals surface area contributed by atoms with Crippen LogP contribution in [0.15, 0.2) is 48.5 Å². The highest BCUT2D eigenvalue weighted by Gasteiger charge is 2.57. The molecule has 1 aliphatic heterocycles. The van der Waals surface area contributed by atoms with Gasteiger partial charge in [-0.25, -0.2) is 9.37 Å². The summed E-state index contributed by atoms with van der Waals surface area (Å²) >= 11 is 6.05. The van der Waals surface area contributed by atoms with E-state index in [1.807, 2.05) is 5.32 Å². The number of hydrogen-bond acceptors (Lipinski definition) is 7. The maximum Gasteiger partial charge on any atom is 0.435 e. The van der Waals surface area contributed by atoms with Gasteiger partial charge >= 0.3 is 12.4 Å². The highest BCUT2D eigenvalue weighted by atomic mass is 35.5. The minimum absolute atomic E-state index is 0.0731. The van der Waals surface area contributed by atoms with E-state index < -0.39 is 64.5 Å². The van der Waals surface area contributed by atoms with Gasteiger partial charge in [-0.2, -0.15) is 26.3 Å². The standard InChI is InChI=1S/C28H19ClF7N5O4/c1-25(24(37)43)11-45-22-16(25)9-18(39-21(22)12-2-4-15(30)5-3-12)26(44,28(34,35)36)10-38-23(42)14-6-13-8-19(27(31,32)33)40-41-20(13)17(29)7-14/h2-9,44H,10-11H2,1H3,(H2,37,43)(H,38,42)/t25-,26?/m0/s1. The largest absolute Gasteiger partial charge is 0.489 e. The third-order valence-corrected chi connectivity index (χ3v) is 7.62. The summed E-state index contributed by atoms with van der Waals surface area (Å²) < 4.78 is 102. The molecule has 0 spiro atoms. The van der Waals surface area contributed by atoms with Crippen LogP contribution < -0.4 is 15.8 Å². The Bertz CT molecular complexity index is 1850. The van der Waals surface area contributed by atoms with Crippen LogP contribution in [0.3, 0.4) is 0 Å². The predicted octanol–water partition coefficient (Wildman–Crippen LogP) is 4.82. The number of fused-ring (bicyclic) bond motifs is 2. The third kappa shape index (κ3) is 5.59. The molecule has 4 aromatic rings. The molecule has 1 aliphatic rings. The zero-order valence-electron chi connectivity index (χ0n) is 22.6. The zero-order valence-corrected chi connectivity index (χ0v) is 23.4. The summed E-state index contributed by atoms with van der Waals surface area (Å²) in [6.07, 6.45) is -10.4. The Balaban J connectivity index is 1.57. The van der Waals surface area contributed by atoms with E-state index in [2.05, 4.69) is 15.2 Å². The summed E-state index contributed by atoms with van der Waals surface area (Å²) in [7, 11) is 0. The number of primary amides is 1. The van der Waals surface area contributed by atoms with E-state index in [-0.39, 0.29) is 45.1 Å². The van der Waals surface area contributed by atoms with Gasteiger partial charge in [0.25, 0.3) is 5.91 Å². The molecular weight excluding hydrogens is 639 g/mol. The Hall–Kier alpha value is -4.57. The minimum Gasteiger partial charge on any atom is -0.489 e. The fraction of sp³-hybridized carbons (Fsp3) is 0.250. The van der Waals surface area contributed by atoms with E-state index in [0.717, 1.165) is 30.3 Å². The van der Waals surface area contributed by atoms with Gasteiger partial charge in [0.1, 0.15) is 34.8 Å². The van der Waals surface area contributed by atoms with Crippen LogP contribution in [0.2, 0.25) is 5.02 Å². The summed E-state index contributed by atoms with van der Waals surface area (Å²) in [6.45, 7) is -0.608. The molecule has 0 saturated heterocycles. The van der Waals surface area contributed by atoms with Gasteiger partial charge in [-0.3, -0.25) is 9.59 Å². The van der Waals surface area contributed by atoms with Crippen LogP contribution in [0, 0.1) is 5.82 Å². The summed E-state index contributed by atoms with van der Waals surface area (Å²) in [4.78, 5) is 29.3. The number of carbonyl (C=O) groups excluding carboxylic acids is 2. The SMILES string of the molecule is C[C@]1(C(N)=O)COc2c1cc(C(O)(CNC(=O)c1cc(Cl)c3nnc(C(F)(F)F)cc3c1)C(F)(F)F)nc2-c1ccc(F)cc1. The molecule has 9 nitrogen and oxygen atoms in total. The second-order valence-electron chi connectivity index (χ2n) is 10.4. The van der Waals surface area contributed by atoms with Crippen LogP contribution in [0.5, 0.6) is 5.75 Å². The molecule has 0 fully saturated rings. The molecule has 2 atom stereocenters. The van der Waals surface area contributed by atoms with Crippen molar-refractivity contribution in [3.05, 3.63) is 81.9 Å². The number of carbonyl (C=O) groups is 2. The molecule has 2 aromatic heterocycles. The second-order valence-corrected chi connectivity index (χ2v) is 10.8. The van der Waals surface area contributed by atoms with Gasteiger partial charge in [-0.15, -0.1) is 10.2 Å². The van der Waals surface area contributed by atoms with Crippen molar-refractivity contribution in [3.8, 4) is 17.0 Å². The molecule has 3 heterocycles. The highest BCUT2D eigenvalue weighted by Crippen LogP contribution is 2.47. The Morgan fingerprint density at radius 1 is 1.04 bits per heavy atom. The van der Waals surface area contributed by atoms with Gasteiger partial charge < -0.3 is 20.9 Å². The first-order valence-electron chi connectivity index (χ1n) is 12.7. The van der Waals surface area contributed by atoms with Gasteiger partial charge in [0, 0.05) is 22.1 Å². The number of nitrogens with one attached hydrogen (secondary N) is 1. The van der Waals surface area contributed by atoms with Crippen molar-refractivity contribution in [3.63, 3.8) is 0 Å². The van der Waals surface area contributed by atoms with Crippen molar-refractivity contribution in [1.82, 2.24) is 20.5 Å². The topological polar surface area (TPSA) is 140 Å². The summed E-state index contributed by atoms with van der Waals surface area (Å²) in [6, 6.07) is 7.59. The number of benzene rings is 2. The van der Waals surface area contributed by atoms with E-state index >= 15 is 0 Å². The Kier molecular flexibility index (Phi) is 7.64. The molecule has 4 N–H and O–H groups in total.